The van der Waals surface area contributed by atoms with Crippen molar-refractivity contribution in [1.82, 2.24) is 20.2 Å². The van der Waals surface area contributed by atoms with Crippen LogP contribution in [-0.2, 0) is 19.5 Å². The molecule has 170 valence electrons. The molecule has 33 heavy (non-hydrogen) atoms. The second kappa shape index (κ2) is 9.59. The molecule has 1 fully saturated rings. The molecule has 8 heteroatoms. The van der Waals surface area contributed by atoms with E-state index in [0.29, 0.717) is 34.7 Å². The Morgan fingerprint density at radius 2 is 1.97 bits per heavy atom. The van der Waals surface area contributed by atoms with E-state index < -0.39 is 0 Å². The monoisotopic (exact) mass is 482 g/mol. The van der Waals surface area contributed by atoms with Gasteiger partial charge in [0.25, 0.3) is 5.91 Å². The second-order valence-corrected chi connectivity index (χ2v) is 9.19. The van der Waals surface area contributed by atoms with Crippen LogP contribution in [0, 0.1) is 0 Å². The zero-order valence-electron chi connectivity index (χ0n) is 18.0. The number of halogens is 2. The number of hydrogen-bond donors (Lipinski definition) is 2. The first kappa shape index (κ1) is 22.0. The van der Waals surface area contributed by atoms with Gasteiger partial charge < -0.3 is 14.7 Å². The molecule has 0 aliphatic heterocycles. The van der Waals surface area contributed by atoms with Crippen molar-refractivity contribution < 1.29 is 9.21 Å². The van der Waals surface area contributed by atoms with Crippen LogP contribution >= 0.6 is 23.2 Å². The lowest BCUT2D eigenvalue weighted by molar-refractivity contribution is 0.0946. The van der Waals surface area contributed by atoms with E-state index in [0.717, 1.165) is 36.9 Å². The van der Waals surface area contributed by atoms with Gasteiger partial charge in [0.15, 0.2) is 5.69 Å². The molecule has 2 heterocycles. The average Bonchev–Trinajstić information content (AvgIpc) is 3.34. The van der Waals surface area contributed by atoms with E-state index in [1.807, 2.05) is 24.3 Å². The maximum absolute atomic E-state index is 12.3. The highest BCUT2D eigenvalue weighted by Crippen LogP contribution is 2.27. The molecular weight excluding hydrogens is 459 g/mol. The number of hydrogen-bond acceptors (Lipinski definition) is 4. The highest BCUT2D eigenvalue weighted by molar-refractivity contribution is 6.42. The Morgan fingerprint density at radius 1 is 1.12 bits per heavy atom. The summed E-state index contributed by atoms with van der Waals surface area (Å²) in [5.41, 5.74) is 3.61. The number of fused-ring (bicyclic) bond motifs is 1. The number of rotatable bonds is 9. The van der Waals surface area contributed by atoms with Crippen molar-refractivity contribution in [1.29, 1.82) is 0 Å². The quantitative estimate of drug-likeness (QED) is 0.325. The molecule has 0 bridgehead atoms. The highest BCUT2D eigenvalue weighted by Gasteiger charge is 2.25. The molecule has 1 aliphatic carbocycles. The number of nitrogens with one attached hydrogen (secondary N) is 2. The van der Waals surface area contributed by atoms with Crippen LogP contribution in [0.1, 0.15) is 40.3 Å². The lowest BCUT2D eigenvalue weighted by Crippen LogP contribution is -2.27. The third kappa shape index (κ3) is 5.24. The minimum atomic E-state index is -0.185. The molecule has 0 atom stereocenters. The SMILES string of the molecule is O=C(NC1CC1)c1coc(CN(CCc2c[nH]c3ccccc23)Cc2cccc(Cl)c2Cl)n1. The Morgan fingerprint density at radius 3 is 2.82 bits per heavy atom. The van der Waals surface area contributed by atoms with Crippen molar-refractivity contribution >= 4 is 40.0 Å². The lowest BCUT2D eigenvalue weighted by atomic mass is 10.1. The Kier molecular flexibility index (Phi) is 6.40. The van der Waals surface area contributed by atoms with Gasteiger partial charge in [0.05, 0.1) is 16.6 Å². The number of aromatic amines is 1. The normalized spacial score (nSPS) is 13.7. The molecule has 4 aromatic rings. The predicted octanol–water partition coefficient (Wildman–Crippen LogP) is 5.60. The number of nitrogens with zero attached hydrogens (tertiary/aromatic N) is 2. The summed E-state index contributed by atoms with van der Waals surface area (Å²) < 4.78 is 5.64. The number of H-pyrrole nitrogens is 1. The van der Waals surface area contributed by atoms with Gasteiger partial charge in [-0.1, -0.05) is 53.5 Å². The predicted molar refractivity (Wildman–Crippen MR) is 130 cm³/mol. The molecule has 0 saturated heterocycles. The van der Waals surface area contributed by atoms with Gasteiger partial charge in [0, 0.05) is 36.2 Å². The van der Waals surface area contributed by atoms with E-state index in [4.69, 9.17) is 27.6 Å². The van der Waals surface area contributed by atoms with Gasteiger partial charge in [0.2, 0.25) is 5.89 Å². The van der Waals surface area contributed by atoms with Gasteiger partial charge in [-0.25, -0.2) is 4.98 Å². The fourth-order valence-corrected chi connectivity index (χ4v) is 4.29. The van der Waals surface area contributed by atoms with Crippen molar-refractivity contribution in [3.8, 4) is 0 Å². The summed E-state index contributed by atoms with van der Waals surface area (Å²) >= 11 is 12.7. The number of benzene rings is 2. The topological polar surface area (TPSA) is 74.2 Å². The first-order valence-corrected chi connectivity index (χ1v) is 11.8. The fourth-order valence-electron chi connectivity index (χ4n) is 3.91. The summed E-state index contributed by atoms with van der Waals surface area (Å²) in [5.74, 6) is 0.309. The zero-order valence-corrected chi connectivity index (χ0v) is 19.5. The Bertz CT molecular complexity index is 1280. The van der Waals surface area contributed by atoms with Crippen LogP contribution in [0.4, 0.5) is 0 Å². The van der Waals surface area contributed by atoms with Crippen molar-refractivity contribution in [2.75, 3.05) is 6.54 Å². The van der Waals surface area contributed by atoms with Crippen LogP contribution < -0.4 is 5.32 Å². The summed E-state index contributed by atoms with van der Waals surface area (Å²) in [7, 11) is 0. The summed E-state index contributed by atoms with van der Waals surface area (Å²) in [5, 5.41) is 5.23. The Balaban J connectivity index is 1.33. The third-order valence-corrected chi connectivity index (χ3v) is 6.71. The van der Waals surface area contributed by atoms with Gasteiger partial charge in [-0.2, -0.15) is 0 Å². The van der Waals surface area contributed by atoms with Gasteiger partial charge in [-0.15, -0.1) is 0 Å². The van der Waals surface area contributed by atoms with Crippen LogP contribution in [-0.4, -0.2) is 33.4 Å². The number of amides is 1. The van der Waals surface area contributed by atoms with E-state index in [1.54, 1.807) is 6.07 Å². The van der Waals surface area contributed by atoms with E-state index in [2.05, 4.69) is 38.5 Å². The van der Waals surface area contributed by atoms with Crippen LogP contribution in [0.2, 0.25) is 10.0 Å². The molecule has 5 rings (SSSR count). The number of para-hydroxylation sites is 1. The molecule has 0 radical (unpaired) electrons. The summed E-state index contributed by atoms with van der Waals surface area (Å²) in [6.45, 7) is 1.77. The highest BCUT2D eigenvalue weighted by atomic mass is 35.5. The molecular formula is C25H24Cl2N4O2. The lowest BCUT2D eigenvalue weighted by Gasteiger charge is -2.21. The number of aromatic nitrogens is 2. The van der Waals surface area contributed by atoms with E-state index in [1.165, 1.54) is 17.2 Å². The molecule has 0 spiro atoms. The largest absolute Gasteiger partial charge is 0.447 e. The maximum Gasteiger partial charge on any atom is 0.273 e. The van der Waals surface area contributed by atoms with Gasteiger partial charge in [0.1, 0.15) is 6.26 Å². The molecule has 1 saturated carbocycles. The third-order valence-electron chi connectivity index (χ3n) is 5.85. The Hall–Kier alpha value is -2.80. The molecule has 0 unspecified atom stereocenters. The van der Waals surface area contributed by atoms with Gasteiger partial charge in [-0.3, -0.25) is 9.69 Å². The first-order valence-electron chi connectivity index (χ1n) is 11.0. The molecule has 2 aromatic heterocycles. The van der Waals surface area contributed by atoms with E-state index >= 15 is 0 Å². The minimum absolute atomic E-state index is 0.185. The van der Waals surface area contributed by atoms with E-state index in [-0.39, 0.29) is 11.9 Å². The standard InChI is InChI=1S/C25H24Cl2N4O2/c26-20-6-3-4-17(24(20)27)13-31(11-10-16-12-28-21-7-2-1-5-19(16)21)14-23-30-22(15-33-23)25(32)29-18-8-9-18/h1-7,12,15,18,28H,8-11,13-14H2,(H,29,32). The maximum atomic E-state index is 12.3. The van der Waals surface area contributed by atoms with Crippen molar-refractivity contribution in [2.45, 2.75) is 38.4 Å². The molecule has 2 aromatic carbocycles. The summed E-state index contributed by atoms with van der Waals surface area (Å²) in [6.07, 6.45) is 6.37. The molecule has 2 N–H and O–H groups in total. The molecule has 1 amide bonds. The van der Waals surface area contributed by atoms with Crippen molar-refractivity contribution in [3.05, 3.63) is 87.7 Å². The number of oxazole rings is 1. The first-order chi connectivity index (χ1) is 16.1. The summed E-state index contributed by atoms with van der Waals surface area (Å²) in [6, 6.07) is 14.2. The molecule has 6 nitrogen and oxygen atoms in total. The van der Waals surface area contributed by atoms with Crippen LogP contribution in [0.15, 0.2) is 59.3 Å². The van der Waals surface area contributed by atoms with Crippen molar-refractivity contribution in [3.63, 3.8) is 0 Å². The zero-order chi connectivity index (χ0) is 22.8. The summed E-state index contributed by atoms with van der Waals surface area (Å²) in [4.78, 5) is 22.2. The van der Waals surface area contributed by atoms with E-state index in [9.17, 15) is 4.79 Å². The smallest absolute Gasteiger partial charge is 0.273 e. The average molecular weight is 483 g/mol. The van der Waals surface area contributed by atoms with Gasteiger partial charge in [-0.05, 0) is 42.5 Å². The minimum Gasteiger partial charge on any atom is -0.447 e. The second-order valence-electron chi connectivity index (χ2n) is 8.41. The van der Waals surface area contributed by atoms with Crippen LogP contribution in [0.25, 0.3) is 10.9 Å². The fraction of sp³-hybridized carbons (Fsp3) is 0.280. The van der Waals surface area contributed by atoms with Gasteiger partial charge >= 0.3 is 0 Å². The molecule has 1 aliphatic rings. The number of carbonyl (C=O) groups excluding carboxylic acids is 1. The Labute approximate surface area is 201 Å². The van der Waals surface area contributed by atoms with Crippen LogP contribution in [0.3, 0.4) is 0 Å². The number of carbonyl (C=O) groups is 1. The van der Waals surface area contributed by atoms with Crippen LogP contribution in [0.5, 0.6) is 0 Å². The van der Waals surface area contributed by atoms with Crippen molar-refractivity contribution in [2.24, 2.45) is 0 Å².